The largest absolute Gasteiger partial charge is 0.399 e. The van der Waals surface area contributed by atoms with E-state index in [1.54, 1.807) is 29.5 Å². The second kappa shape index (κ2) is 8.81. The van der Waals surface area contributed by atoms with Gasteiger partial charge in [-0.15, -0.1) is 23.7 Å². The number of hydrogen-bond acceptors (Lipinski definition) is 3. The molecule has 1 amide bonds. The highest BCUT2D eigenvalue weighted by Gasteiger charge is 2.23. The molecule has 0 fully saturated rings. The molecule has 1 atom stereocenters. The van der Waals surface area contributed by atoms with E-state index in [-0.39, 0.29) is 24.4 Å². The number of nitrogen functional groups attached to an aromatic ring is 1. The van der Waals surface area contributed by atoms with Gasteiger partial charge in [-0.25, -0.2) is 0 Å². The first-order chi connectivity index (χ1) is 10.2. The van der Waals surface area contributed by atoms with Crippen LogP contribution in [-0.2, 0) is 0 Å². The first kappa shape index (κ1) is 18.5. The lowest BCUT2D eigenvalue weighted by molar-refractivity contribution is 0.0920. The highest BCUT2D eigenvalue weighted by Crippen LogP contribution is 2.30. The van der Waals surface area contributed by atoms with Crippen LogP contribution in [0.1, 0.15) is 48.0 Å². The molecule has 0 saturated carbocycles. The van der Waals surface area contributed by atoms with Crippen LogP contribution in [0.15, 0.2) is 41.8 Å². The highest BCUT2D eigenvalue weighted by molar-refractivity contribution is 7.10. The third-order valence-electron chi connectivity index (χ3n) is 3.81. The molecule has 120 valence electrons. The summed E-state index contributed by atoms with van der Waals surface area (Å²) >= 11 is 1.69. The summed E-state index contributed by atoms with van der Waals surface area (Å²) in [7, 11) is 0. The maximum atomic E-state index is 12.5. The number of nitrogens with one attached hydrogen (secondary N) is 1. The van der Waals surface area contributed by atoms with Crippen molar-refractivity contribution in [1.82, 2.24) is 5.32 Å². The van der Waals surface area contributed by atoms with Crippen LogP contribution in [-0.4, -0.2) is 5.91 Å². The van der Waals surface area contributed by atoms with Crippen LogP contribution in [0.2, 0.25) is 0 Å². The Kier molecular flexibility index (Phi) is 7.42. The van der Waals surface area contributed by atoms with Crippen molar-refractivity contribution in [2.24, 2.45) is 5.92 Å². The van der Waals surface area contributed by atoms with Crippen molar-refractivity contribution in [2.45, 2.75) is 32.7 Å². The first-order valence-corrected chi connectivity index (χ1v) is 8.23. The molecule has 3 N–H and O–H groups in total. The van der Waals surface area contributed by atoms with Crippen LogP contribution in [0.4, 0.5) is 5.69 Å². The summed E-state index contributed by atoms with van der Waals surface area (Å²) in [4.78, 5) is 13.7. The molecule has 0 aliphatic rings. The van der Waals surface area contributed by atoms with Gasteiger partial charge < -0.3 is 11.1 Å². The first-order valence-electron chi connectivity index (χ1n) is 7.35. The van der Waals surface area contributed by atoms with Crippen molar-refractivity contribution in [1.29, 1.82) is 0 Å². The maximum absolute atomic E-state index is 12.5. The summed E-state index contributed by atoms with van der Waals surface area (Å²) in [6, 6.07) is 11.3. The normalized spacial score (nSPS) is 11.8. The molecule has 1 heterocycles. The molecule has 3 nitrogen and oxygen atoms in total. The molecular formula is C17H23ClN2OS. The summed E-state index contributed by atoms with van der Waals surface area (Å²) in [5.74, 6) is 0.376. The van der Waals surface area contributed by atoms with E-state index in [1.165, 1.54) is 4.88 Å². The second-order valence-electron chi connectivity index (χ2n) is 5.17. The fraction of sp³-hybridized carbons (Fsp3) is 0.353. The highest BCUT2D eigenvalue weighted by atomic mass is 35.5. The molecule has 2 aromatic rings. The minimum atomic E-state index is -0.0624. The smallest absolute Gasteiger partial charge is 0.251 e. The number of amides is 1. The van der Waals surface area contributed by atoms with Crippen LogP contribution < -0.4 is 11.1 Å². The summed E-state index contributed by atoms with van der Waals surface area (Å²) in [5, 5.41) is 5.23. The molecule has 0 radical (unpaired) electrons. The molecule has 0 aliphatic heterocycles. The lowest BCUT2D eigenvalue weighted by Crippen LogP contribution is -2.32. The molecule has 1 aromatic carbocycles. The van der Waals surface area contributed by atoms with E-state index < -0.39 is 0 Å². The molecule has 0 saturated heterocycles. The number of hydrogen-bond donors (Lipinski definition) is 2. The van der Waals surface area contributed by atoms with Crippen LogP contribution in [0, 0.1) is 5.92 Å². The number of thiophene rings is 1. The summed E-state index contributed by atoms with van der Waals surface area (Å²) in [5.41, 5.74) is 6.98. The third kappa shape index (κ3) is 4.49. The van der Waals surface area contributed by atoms with Crippen molar-refractivity contribution in [3.63, 3.8) is 0 Å². The Balaban J connectivity index is 0.00000242. The Labute approximate surface area is 142 Å². The SMILES string of the molecule is CCC(CC)C(NC(=O)c1cccc(N)c1)c1cccs1.Cl. The van der Waals surface area contributed by atoms with E-state index in [1.807, 2.05) is 12.1 Å². The molecule has 1 aromatic heterocycles. The molecule has 2 rings (SSSR count). The zero-order chi connectivity index (χ0) is 15.2. The van der Waals surface area contributed by atoms with Gasteiger partial charge in [0.25, 0.3) is 5.91 Å². The molecule has 0 spiro atoms. The van der Waals surface area contributed by atoms with Gasteiger partial charge in [0.2, 0.25) is 0 Å². The number of nitrogens with two attached hydrogens (primary N) is 1. The predicted molar refractivity (Wildman–Crippen MR) is 96.7 cm³/mol. The van der Waals surface area contributed by atoms with E-state index in [4.69, 9.17) is 5.73 Å². The van der Waals surface area contributed by atoms with Crippen LogP contribution in [0.3, 0.4) is 0 Å². The number of anilines is 1. The van der Waals surface area contributed by atoms with Crippen molar-refractivity contribution in [3.8, 4) is 0 Å². The zero-order valence-electron chi connectivity index (χ0n) is 12.9. The Morgan fingerprint density at radius 1 is 1.23 bits per heavy atom. The number of carbonyl (C=O) groups is 1. The second-order valence-corrected chi connectivity index (χ2v) is 6.15. The number of halogens is 1. The van der Waals surface area contributed by atoms with Gasteiger partial charge >= 0.3 is 0 Å². The number of benzene rings is 1. The summed E-state index contributed by atoms with van der Waals surface area (Å²) < 4.78 is 0. The fourth-order valence-corrected chi connectivity index (χ4v) is 3.42. The van der Waals surface area contributed by atoms with E-state index in [2.05, 4.69) is 30.6 Å². The summed E-state index contributed by atoms with van der Waals surface area (Å²) in [6.45, 7) is 4.34. The monoisotopic (exact) mass is 338 g/mol. The average Bonchev–Trinajstić information content (AvgIpc) is 3.01. The minimum Gasteiger partial charge on any atom is -0.399 e. The van der Waals surface area contributed by atoms with Crippen molar-refractivity contribution in [3.05, 3.63) is 52.2 Å². The van der Waals surface area contributed by atoms with Crippen LogP contribution in [0.5, 0.6) is 0 Å². The van der Waals surface area contributed by atoms with E-state index in [9.17, 15) is 4.79 Å². The van der Waals surface area contributed by atoms with Gasteiger partial charge in [-0.05, 0) is 35.6 Å². The molecule has 5 heteroatoms. The van der Waals surface area contributed by atoms with Crippen molar-refractivity contribution >= 4 is 35.3 Å². The maximum Gasteiger partial charge on any atom is 0.251 e. The van der Waals surface area contributed by atoms with Gasteiger partial charge in [-0.3, -0.25) is 4.79 Å². The zero-order valence-corrected chi connectivity index (χ0v) is 14.5. The van der Waals surface area contributed by atoms with E-state index >= 15 is 0 Å². The Bertz CT molecular complexity index is 582. The molecule has 1 unspecified atom stereocenters. The van der Waals surface area contributed by atoms with Gasteiger partial charge in [0, 0.05) is 16.1 Å². The Morgan fingerprint density at radius 3 is 2.50 bits per heavy atom. The standard InChI is InChI=1S/C17H22N2OS.ClH/c1-3-12(4-2)16(15-9-6-10-21-15)19-17(20)13-7-5-8-14(18)11-13;/h5-12,16H,3-4,18H2,1-2H3,(H,19,20);1H. The van der Waals surface area contributed by atoms with E-state index in [0.717, 1.165) is 12.8 Å². The van der Waals surface area contributed by atoms with Gasteiger partial charge in [-0.2, -0.15) is 0 Å². The quantitative estimate of drug-likeness (QED) is 0.752. The molecule has 0 bridgehead atoms. The molecule has 22 heavy (non-hydrogen) atoms. The number of carbonyl (C=O) groups excluding carboxylic acids is 1. The fourth-order valence-electron chi connectivity index (χ4n) is 2.55. The van der Waals surface area contributed by atoms with Gasteiger partial charge in [0.1, 0.15) is 0 Å². The predicted octanol–water partition coefficient (Wildman–Crippen LogP) is 4.66. The van der Waals surface area contributed by atoms with Gasteiger partial charge in [-0.1, -0.05) is 38.8 Å². The lowest BCUT2D eigenvalue weighted by atomic mass is 9.92. The summed E-state index contributed by atoms with van der Waals surface area (Å²) in [6.07, 6.45) is 2.08. The van der Waals surface area contributed by atoms with Crippen LogP contribution in [0.25, 0.3) is 0 Å². The Hall–Kier alpha value is -1.52. The Morgan fingerprint density at radius 2 is 1.95 bits per heavy atom. The average molecular weight is 339 g/mol. The molecular weight excluding hydrogens is 316 g/mol. The number of rotatable bonds is 6. The minimum absolute atomic E-state index is 0. The van der Waals surface area contributed by atoms with Crippen LogP contribution >= 0.6 is 23.7 Å². The molecule has 0 aliphatic carbocycles. The lowest BCUT2D eigenvalue weighted by Gasteiger charge is -2.25. The van der Waals surface area contributed by atoms with Gasteiger partial charge in [0.15, 0.2) is 0 Å². The topological polar surface area (TPSA) is 55.1 Å². The van der Waals surface area contributed by atoms with Crippen molar-refractivity contribution < 1.29 is 4.79 Å². The van der Waals surface area contributed by atoms with Gasteiger partial charge in [0.05, 0.1) is 6.04 Å². The van der Waals surface area contributed by atoms with Crippen molar-refractivity contribution in [2.75, 3.05) is 5.73 Å². The van der Waals surface area contributed by atoms with E-state index in [0.29, 0.717) is 17.2 Å². The third-order valence-corrected chi connectivity index (χ3v) is 4.76.